The van der Waals surface area contributed by atoms with Gasteiger partial charge in [-0.1, -0.05) is 36.4 Å². The molecule has 0 bridgehead atoms. The topological polar surface area (TPSA) is 83.4 Å². The maximum atomic E-state index is 13.2. The fraction of sp³-hybridized carbons (Fsp3) is 0.182. The van der Waals surface area contributed by atoms with E-state index in [1.807, 2.05) is 49.6 Å². The van der Waals surface area contributed by atoms with Gasteiger partial charge in [-0.25, -0.2) is 14.5 Å². The summed E-state index contributed by atoms with van der Waals surface area (Å²) in [5.41, 5.74) is 4.45. The summed E-state index contributed by atoms with van der Waals surface area (Å²) in [6, 6.07) is 11.3. The van der Waals surface area contributed by atoms with E-state index >= 15 is 0 Å². The molecule has 8 heteroatoms. The second kappa shape index (κ2) is 8.08. The summed E-state index contributed by atoms with van der Waals surface area (Å²) in [6.07, 6.45) is 1.83. The predicted octanol–water partition coefficient (Wildman–Crippen LogP) is 3.52. The van der Waals surface area contributed by atoms with Gasteiger partial charge in [0, 0.05) is 40.5 Å². The minimum Gasteiger partial charge on any atom is -0.284 e. The van der Waals surface area contributed by atoms with Gasteiger partial charge in [0.25, 0.3) is 5.56 Å². The highest BCUT2D eigenvalue weighted by molar-refractivity contribution is 7.14. The van der Waals surface area contributed by atoms with Crippen molar-refractivity contribution >= 4 is 28.0 Å². The molecule has 0 saturated carbocycles. The number of rotatable bonds is 6. The van der Waals surface area contributed by atoms with E-state index in [1.165, 1.54) is 17.4 Å². The average Bonchev–Trinajstić information content (AvgIpc) is 3.36. The van der Waals surface area contributed by atoms with E-state index in [0.717, 1.165) is 28.2 Å². The number of aryl methyl sites for hydroxylation is 2. The van der Waals surface area contributed by atoms with E-state index in [4.69, 9.17) is 0 Å². The van der Waals surface area contributed by atoms with Crippen molar-refractivity contribution in [2.24, 2.45) is 0 Å². The van der Waals surface area contributed by atoms with Crippen LogP contribution in [-0.2, 0) is 11.2 Å². The third-order valence-electron chi connectivity index (χ3n) is 4.94. The number of nitrogens with zero attached hydrogens (tertiary/aromatic N) is 4. The SMILES string of the molecule is C=CCN(C(=O)Cc1c(C)nc2cc(=O)[nH]n2c1C)c1nc(-c2ccccc2)cs1. The number of anilines is 1. The van der Waals surface area contributed by atoms with Crippen LogP contribution in [0.2, 0.25) is 0 Å². The first-order valence-electron chi connectivity index (χ1n) is 9.48. The number of fused-ring (bicyclic) bond motifs is 1. The zero-order valence-electron chi connectivity index (χ0n) is 16.8. The Balaban J connectivity index is 1.65. The molecule has 152 valence electrons. The largest absolute Gasteiger partial charge is 0.284 e. The maximum Gasteiger partial charge on any atom is 0.266 e. The molecule has 0 saturated heterocycles. The molecule has 0 unspecified atom stereocenters. The number of benzene rings is 1. The number of hydrogen-bond acceptors (Lipinski definition) is 5. The van der Waals surface area contributed by atoms with E-state index in [-0.39, 0.29) is 17.9 Å². The van der Waals surface area contributed by atoms with E-state index in [0.29, 0.717) is 17.3 Å². The Morgan fingerprint density at radius 3 is 2.77 bits per heavy atom. The third kappa shape index (κ3) is 3.69. The molecule has 0 aliphatic carbocycles. The number of carbonyl (C=O) groups excluding carboxylic acids is 1. The van der Waals surface area contributed by atoms with Gasteiger partial charge in [0.15, 0.2) is 10.8 Å². The van der Waals surface area contributed by atoms with Crippen LogP contribution in [-0.4, -0.2) is 32.0 Å². The minimum absolute atomic E-state index is 0.106. The molecule has 0 atom stereocenters. The molecule has 1 aromatic carbocycles. The molecule has 4 rings (SSSR count). The number of thiazole rings is 1. The van der Waals surface area contributed by atoms with Crippen LogP contribution in [0.3, 0.4) is 0 Å². The van der Waals surface area contributed by atoms with Crippen molar-refractivity contribution in [1.82, 2.24) is 19.6 Å². The van der Waals surface area contributed by atoms with Crippen molar-refractivity contribution in [1.29, 1.82) is 0 Å². The lowest BCUT2D eigenvalue weighted by Gasteiger charge is -2.19. The van der Waals surface area contributed by atoms with E-state index in [2.05, 4.69) is 21.6 Å². The second-order valence-corrected chi connectivity index (χ2v) is 7.76. The maximum absolute atomic E-state index is 13.2. The number of H-pyrrole nitrogens is 1. The lowest BCUT2D eigenvalue weighted by atomic mass is 10.1. The van der Waals surface area contributed by atoms with Gasteiger partial charge in [-0.3, -0.25) is 19.6 Å². The van der Waals surface area contributed by atoms with E-state index in [9.17, 15) is 9.59 Å². The molecule has 3 heterocycles. The van der Waals surface area contributed by atoms with Crippen molar-refractivity contribution in [3.05, 3.63) is 81.7 Å². The molecule has 3 aromatic heterocycles. The zero-order chi connectivity index (χ0) is 21.3. The van der Waals surface area contributed by atoms with E-state index in [1.54, 1.807) is 15.5 Å². The van der Waals surface area contributed by atoms with Gasteiger partial charge < -0.3 is 0 Å². The summed E-state index contributed by atoms with van der Waals surface area (Å²) < 4.78 is 1.62. The first-order valence-corrected chi connectivity index (χ1v) is 10.4. The smallest absolute Gasteiger partial charge is 0.266 e. The van der Waals surface area contributed by atoms with E-state index < -0.39 is 0 Å². The predicted molar refractivity (Wildman–Crippen MR) is 119 cm³/mol. The van der Waals surface area contributed by atoms with Crippen LogP contribution in [0.5, 0.6) is 0 Å². The summed E-state index contributed by atoms with van der Waals surface area (Å²) in [6.45, 7) is 7.86. The lowest BCUT2D eigenvalue weighted by molar-refractivity contribution is -0.117. The summed E-state index contributed by atoms with van der Waals surface area (Å²) in [5.74, 6) is -0.106. The van der Waals surface area contributed by atoms with Crippen LogP contribution >= 0.6 is 11.3 Å². The van der Waals surface area contributed by atoms with Crippen LogP contribution in [0, 0.1) is 13.8 Å². The number of hydrogen-bond donors (Lipinski definition) is 1. The van der Waals surface area contributed by atoms with Gasteiger partial charge in [0.2, 0.25) is 5.91 Å². The number of amides is 1. The molecule has 4 aromatic rings. The normalized spacial score (nSPS) is 11.0. The van der Waals surface area contributed by atoms with Crippen LogP contribution in [0.4, 0.5) is 5.13 Å². The Hall–Kier alpha value is -3.52. The molecule has 0 radical (unpaired) electrons. The van der Waals surface area contributed by atoms with Crippen molar-refractivity contribution in [2.75, 3.05) is 11.4 Å². The van der Waals surface area contributed by atoms with Gasteiger partial charge in [-0.05, 0) is 13.8 Å². The Morgan fingerprint density at radius 2 is 2.03 bits per heavy atom. The summed E-state index contributed by atoms with van der Waals surface area (Å²) in [7, 11) is 0. The quantitative estimate of drug-likeness (QED) is 0.485. The molecular formula is C22H21N5O2S. The second-order valence-electron chi connectivity index (χ2n) is 6.93. The highest BCUT2D eigenvalue weighted by Crippen LogP contribution is 2.28. The average molecular weight is 420 g/mol. The third-order valence-corrected chi connectivity index (χ3v) is 5.80. The van der Waals surface area contributed by atoms with Crippen molar-refractivity contribution < 1.29 is 4.79 Å². The highest BCUT2D eigenvalue weighted by atomic mass is 32.1. The molecule has 1 amide bonds. The fourth-order valence-electron chi connectivity index (χ4n) is 3.40. The summed E-state index contributed by atoms with van der Waals surface area (Å²) >= 11 is 1.42. The highest BCUT2D eigenvalue weighted by Gasteiger charge is 2.22. The summed E-state index contributed by atoms with van der Waals surface area (Å²) in [5, 5.41) is 5.29. The van der Waals surface area contributed by atoms with Gasteiger partial charge >= 0.3 is 0 Å². The van der Waals surface area contributed by atoms with Gasteiger partial charge in [-0.2, -0.15) is 0 Å². The van der Waals surface area contributed by atoms with Gasteiger partial charge in [-0.15, -0.1) is 17.9 Å². The lowest BCUT2D eigenvalue weighted by Crippen LogP contribution is -2.33. The number of aromatic amines is 1. The van der Waals surface area contributed by atoms with Gasteiger partial charge in [0.05, 0.1) is 12.1 Å². The monoisotopic (exact) mass is 419 g/mol. The fourth-order valence-corrected chi connectivity index (χ4v) is 4.26. The first kappa shape index (κ1) is 19.8. The molecule has 0 spiro atoms. The van der Waals surface area contributed by atoms with Crippen LogP contribution in [0.15, 0.2) is 59.2 Å². The Morgan fingerprint density at radius 1 is 1.27 bits per heavy atom. The Bertz CT molecular complexity index is 1290. The van der Waals surface area contributed by atoms with Crippen LogP contribution in [0.1, 0.15) is 17.0 Å². The van der Waals surface area contributed by atoms with Crippen molar-refractivity contribution in [2.45, 2.75) is 20.3 Å². The van der Waals surface area contributed by atoms with Crippen molar-refractivity contribution in [3.8, 4) is 11.3 Å². The van der Waals surface area contributed by atoms with Crippen molar-refractivity contribution in [3.63, 3.8) is 0 Å². The first-order chi connectivity index (χ1) is 14.5. The standard InChI is InChI=1S/C22H21N5O2S/c1-4-10-26(22-24-18(13-30-22)16-8-6-5-7-9-16)21(29)11-17-14(2)23-19-12-20(28)25-27(19)15(17)3/h4-9,12-13H,1,10-11H2,2-3H3,(H,25,28). The Kier molecular flexibility index (Phi) is 5.33. The van der Waals surface area contributed by atoms with Gasteiger partial charge in [0.1, 0.15) is 0 Å². The zero-order valence-corrected chi connectivity index (χ0v) is 17.6. The van der Waals surface area contributed by atoms with Crippen LogP contribution in [0.25, 0.3) is 16.9 Å². The minimum atomic E-state index is -0.224. The number of aromatic nitrogens is 4. The molecule has 30 heavy (non-hydrogen) atoms. The number of carbonyl (C=O) groups is 1. The molecule has 1 N–H and O–H groups in total. The molecular weight excluding hydrogens is 398 g/mol. The van der Waals surface area contributed by atoms with Crippen LogP contribution < -0.4 is 10.5 Å². The molecule has 0 aliphatic rings. The number of nitrogens with one attached hydrogen (secondary N) is 1. The molecule has 7 nitrogen and oxygen atoms in total. The molecule has 0 fully saturated rings. The summed E-state index contributed by atoms with van der Waals surface area (Å²) in [4.78, 5) is 35.7. The Labute approximate surface area is 177 Å². The molecule has 0 aliphatic heterocycles.